The molecule has 1 aliphatic heterocycles. The minimum absolute atomic E-state index is 0.205. The quantitative estimate of drug-likeness (QED) is 0.821. The third-order valence-electron chi connectivity index (χ3n) is 4.54. The molecule has 8 heteroatoms. The Morgan fingerprint density at radius 2 is 2.12 bits per heavy atom. The van der Waals surface area contributed by atoms with Gasteiger partial charge in [-0.3, -0.25) is 9.59 Å². The summed E-state index contributed by atoms with van der Waals surface area (Å²) < 4.78 is 10.4. The van der Waals surface area contributed by atoms with Crippen molar-refractivity contribution in [3.05, 3.63) is 50.7 Å². The molecule has 0 bridgehead atoms. The van der Waals surface area contributed by atoms with Crippen molar-refractivity contribution in [1.82, 2.24) is 4.90 Å². The van der Waals surface area contributed by atoms with Crippen molar-refractivity contribution in [2.45, 2.75) is 25.8 Å². The van der Waals surface area contributed by atoms with Crippen molar-refractivity contribution in [2.24, 2.45) is 0 Å². The standard InChI is InChI=1S/C18H18ClNO5S/c1-9-11(7-14(21)22)16-12(4-5-13(24-2)17(16)19)20(9)18(23)10-6-15(25-3)26-8-10/h5-6,8,12H,4,7H2,1-3H3,(H,21,22). The second-order valence-corrected chi connectivity index (χ2v) is 7.17. The monoisotopic (exact) mass is 395 g/mol. The molecule has 0 radical (unpaired) electrons. The van der Waals surface area contributed by atoms with E-state index in [1.165, 1.54) is 18.4 Å². The molecule has 1 N–H and O–H groups in total. The molecule has 6 nitrogen and oxygen atoms in total. The van der Waals surface area contributed by atoms with Crippen molar-refractivity contribution in [2.75, 3.05) is 14.2 Å². The Labute approximate surface area is 160 Å². The van der Waals surface area contributed by atoms with Crippen LogP contribution in [-0.2, 0) is 9.53 Å². The first-order valence-electron chi connectivity index (χ1n) is 7.91. The fraction of sp³-hybridized carbons (Fsp3) is 0.333. The normalized spacial score (nSPS) is 19.5. The highest BCUT2D eigenvalue weighted by Gasteiger charge is 2.42. The van der Waals surface area contributed by atoms with Crippen LogP contribution >= 0.6 is 22.9 Å². The number of carbonyl (C=O) groups excluding carboxylic acids is 1. The lowest BCUT2D eigenvalue weighted by molar-refractivity contribution is -0.136. The number of ether oxygens (including phenoxy) is 2. The Morgan fingerprint density at radius 1 is 1.38 bits per heavy atom. The molecule has 1 aromatic rings. The second-order valence-electron chi connectivity index (χ2n) is 5.92. The lowest BCUT2D eigenvalue weighted by atomic mass is 9.92. The molecule has 0 aromatic carbocycles. The van der Waals surface area contributed by atoms with Gasteiger partial charge in [0.15, 0.2) is 5.06 Å². The fourth-order valence-corrected chi connectivity index (χ4v) is 4.46. The molecule has 0 spiro atoms. The molecular formula is C18H18ClNO5S. The van der Waals surface area contributed by atoms with Gasteiger partial charge in [-0.15, -0.1) is 11.3 Å². The van der Waals surface area contributed by atoms with Crippen molar-refractivity contribution in [3.63, 3.8) is 0 Å². The summed E-state index contributed by atoms with van der Waals surface area (Å²) >= 11 is 7.81. The van der Waals surface area contributed by atoms with Crippen molar-refractivity contribution < 1.29 is 24.2 Å². The van der Waals surface area contributed by atoms with Gasteiger partial charge in [-0.05, 0) is 25.0 Å². The van der Waals surface area contributed by atoms with Crippen LogP contribution in [0, 0.1) is 0 Å². The summed E-state index contributed by atoms with van der Waals surface area (Å²) in [4.78, 5) is 26.1. The van der Waals surface area contributed by atoms with Crippen LogP contribution in [0.25, 0.3) is 0 Å². The van der Waals surface area contributed by atoms with Crippen LogP contribution in [0.4, 0.5) is 0 Å². The molecule has 26 heavy (non-hydrogen) atoms. The Morgan fingerprint density at radius 3 is 2.69 bits per heavy atom. The highest BCUT2D eigenvalue weighted by Crippen LogP contribution is 2.45. The molecule has 0 fully saturated rings. The smallest absolute Gasteiger partial charge is 0.307 e. The predicted molar refractivity (Wildman–Crippen MR) is 98.4 cm³/mol. The molecule has 3 rings (SSSR count). The van der Waals surface area contributed by atoms with Gasteiger partial charge >= 0.3 is 5.97 Å². The lowest BCUT2D eigenvalue weighted by Crippen LogP contribution is -2.36. The molecule has 1 atom stereocenters. The minimum atomic E-state index is -0.977. The van der Waals surface area contributed by atoms with E-state index in [0.717, 1.165) is 0 Å². The second kappa shape index (κ2) is 7.17. The number of thiophene rings is 1. The van der Waals surface area contributed by atoms with Gasteiger partial charge in [-0.1, -0.05) is 11.6 Å². The number of carbonyl (C=O) groups is 2. The van der Waals surface area contributed by atoms with Gasteiger partial charge in [-0.25, -0.2) is 0 Å². The first kappa shape index (κ1) is 18.5. The fourth-order valence-electron chi connectivity index (χ4n) is 3.36. The average molecular weight is 396 g/mol. The molecule has 0 saturated heterocycles. The topological polar surface area (TPSA) is 76.1 Å². The third kappa shape index (κ3) is 3.01. The Balaban J connectivity index is 2.07. The van der Waals surface area contributed by atoms with Crippen molar-refractivity contribution >= 4 is 34.8 Å². The Hall–Kier alpha value is -2.25. The van der Waals surface area contributed by atoms with Crippen LogP contribution < -0.4 is 4.74 Å². The number of carboxylic acids is 1. The first-order valence-corrected chi connectivity index (χ1v) is 9.17. The maximum Gasteiger partial charge on any atom is 0.307 e. The number of nitrogens with zero attached hydrogens (tertiary/aromatic N) is 1. The summed E-state index contributed by atoms with van der Waals surface area (Å²) in [6.07, 6.45) is 2.12. The van der Waals surface area contributed by atoms with E-state index >= 15 is 0 Å². The maximum atomic E-state index is 13.1. The molecule has 1 aromatic heterocycles. The molecule has 1 amide bonds. The Bertz CT molecular complexity index is 867. The summed E-state index contributed by atoms with van der Waals surface area (Å²) in [5.41, 5.74) is 2.32. The van der Waals surface area contributed by atoms with Gasteiger partial charge in [0.1, 0.15) is 5.76 Å². The summed E-state index contributed by atoms with van der Waals surface area (Å²) in [5, 5.41) is 12.0. The highest BCUT2D eigenvalue weighted by atomic mass is 35.5. The number of hydrogen-bond donors (Lipinski definition) is 1. The number of fused-ring (bicyclic) bond motifs is 1. The SMILES string of the molecule is COC1=CCC2C(=C1Cl)C(CC(=O)O)=C(C)N2C(=O)c1csc(OC)c1. The van der Waals surface area contributed by atoms with E-state index in [1.54, 1.807) is 30.4 Å². The number of aliphatic carboxylic acids is 1. The van der Waals surface area contributed by atoms with Gasteiger partial charge in [0.2, 0.25) is 0 Å². The van der Waals surface area contributed by atoms with E-state index in [-0.39, 0.29) is 18.4 Å². The van der Waals surface area contributed by atoms with Crippen LogP contribution in [0.3, 0.4) is 0 Å². The van der Waals surface area contributed by atoms with E-state index in [9.17, 15) is 14.7 Å². The Kier molecular flexibility index (Phi) is 5.11. The predicted octanol–water partition coefficient (Wildman–Crippen LogP) is 3.76. The number of amides is 1. The zero-order valence-electron chi connectivity index (χ0n) is 14.5. The van der Waals surface area contributed by atoms with Gasteiger partial charge in [0.05, 0.1) is 37.3 Å². The zero-order valence-corrected chi connectivity index (χ0v) is 16.1. The van der Waals surface area contributed by atoms with Gasteiger partial charge < -0.3 is 19.5 Å². The lowest BCUT2D eigenvalue weighted by Gasteiger charge is -2.29. The number of carboxylic acid groups (broad SMARTS) is 1. The van der Waals surface area contributed by atoms with Gasteiger partial charge in [-0.2, -0.15) is 0 Å². The third-order valence-corrected chi connectivity index (χ3v) is 5.82. The summed E-state index contributed by atoms with van der Waals surface area (Å²) in [6, 6.07) is 1.34. The van der Waals surface area contributed by atoms with Crippen LogP contribution in [0.1, 0.15) is 30.1 Å². The molecular weight excluding hydrogens is 378 g/mol. The number of halogens is 1. The van der Waals surface area contributed by atoms with Gasteiger partial charge in [0.25, 0.3) is 5.91 Å². The number of methoxy groups -OCH3 is 2. The van der Waals surface area contributed by atoms with E-state index in [1.807, 2.05) is 6.08 Å². The summed E-state index contributed by atoms with van der Waals surface area (Å²) in [5.74, 6) is -0.682. The van der Waals surface area contributed by atoms with E-state index in [0.29, 0.717) is 44.7 Å². The molecule has 2 heterocycles. The van der Waals surface area contributed by atoms with E-state index < -0.39 is 5.97 Å². The average Bonchev–Trinajstić information content (AvgIpc) is 3.18. The largest absolute Gasteiger partial charge is 0.496 e. The van der Waals surface area contributed by atoms with Crippen molar-refractivity contribution in [1.29, 1.82) is 0 Å². The van der Waals surface area contributed by atoms with Gasteiger partial charge in [0, 0.05) is 22.7 Å². The van der Waals surface area contributed by atoms with Crippen LogP contribution in [0.2, 0.25) is 0 Å². The van der Waals surface area contributed by atoms with Crippen LogP contribution in [0.5, 0.6) is 5.06 Å². The first-order chi connectivity index (χ1) is 12.4. The summed E-state index contributed by atoms with van der Waals surface area (Å²) in [6.45, 7) is 1.75. The van der Waals surface area contributed by atoms with Crippen LogP contribution in [0.15, 0.2) is 45.2 Å². The molecule has 1 aliphatic carbocycles. The number of hydrogen-bond acceptors (Lipinski definition) is 5. The number of rotatable bonds is 5. The van der Waals surface area contributed by atoms with E-state index in [4.69, 9.17) is 21.1 Å². The molecule has 2 aliphatic rings. The van der Waals surface area contributed by atoms with Crippen molar-refractivity contribution in [3.8, 4) is 5.06 Å². The zero-order chi connectivity index (χ0) is 19.0. The van der Waals surface area contributed by atoms with Crippen LogP contribution in [-0.4, -0.2) is 42.1 Å². The molecule has 138 valence electrons. The summed E-state index contributed by atoms with van der Waals surface area (Å²) in [7, 11) is 3.06. The van der Waals surface area contributed by atoms with E-state index in [2.05, 4.69) is 0 Å². The highest BCUT2D eigenvalue weighted by molar-refractivity contribution is 7.12. The molecule has 0 saturated carbocycles. The number of allylic oxidation sites excluding steroid dienone is 2. The maximum absolute atomic E-state index is 13.1. The molecule has 1 unspecified atom stereocenters. The minimum Gasteiger partial charge on any atom is -0.496 e.